The zero-order valence-electron chi connectivity index (χ0n) is 15.9. The molecule has 2 amide bonds. The van der Waals surface area contributed by atoms with Crippen LogP contribution in [0.5, 0.6) is 0 Å². The highest BCUT2D eigenvalue weighted by Crippen LogP contribution is 2.13. The van der Waals surface area contributed by atoms with E-state index in [0.717, 1.165) is 0 Å². The lowest BCUT2D eigenvalue weighted by molar-refractivity contribution is -0.116. The number of rotatable bonds is 6. The highest BCUT2D eigenvalue weighted by molar-refractivity contribution is 5.97. The number of aromatic amines is 1. The molecule has 0 aliphatic heterocycles. The molecule has 28 heavy (non-hydrogen) atoms. The number of aryl methyl sites for hydroxylation is 1. The molecule has 0 fully saturated rings. The van der Waals surface area contributed by atoms with E-state index in [0.29, 0.717) is 40.8 Å². The standard InChI is InChI=1S/C21H22N4O3/c1-25(2)21(28)14-7-5-8-15(13-14)22-19(26)12-6-11-18-23-17-10-4-3-9-16(17)20(27)24-18/h3-5,7-10,13H,6,11-12H2,1-2H3,(H,22,26)(H,23,24,27). The summed E-state index contributed by atoms with van der Waals surface area (Å²) in [5.74, 6) is 0.287. The molecular formula is C21H22N4O3. The average molecular weight is 378 g/mol. The van der Waals surface area contributed by atoms with Crippen molar-refractivity contribution in [2.45, 2.75) is 19.3 Å². The highest BCUT2D eigenvalue weighted by atomic mass is 16.2. The van der Waals surface area contributed by atoms with Gasteiger partial charge in [0.25, 0.3) is 11.5 Å². The number of nitrogens with zero attached hydrogens (tertiary/aromatic N) is 2. The second-order valence-electron chi connectivity index (χ2n) is 6.71. The van der Waals surface area contributed by atoms with Crippen LogP contribution in [0.1, 0.15) is 29.0 Å². The third kappa shape index (κ3) is 4.62. The van der Waals surface area contributed by atoms with Crippen LogP contribution in [0.3, 0.4) is 0 Å². The first-order chi connectivity index (χ1) is 13.4. The number of carbonyl (C=O) groups is 2. The van der Waals surface area contributed by atoms with Crippen molar-refractivity contribution >= 4 is 28.4 Å². The van der Waals surface area contributed by atoms with Gasteiger partial charge in [-0.1, -0.05) is 18.2 Å². The smallest absolute Gasteiger partial charge is 0.258 e. The van der Waals surface area contributed by atoms with Crippen LogP contribution in [-0.2, 0) is 11.2 Å². The van der Waals surface area contributed by atoms with Crippen LogP contribution in [0, 0.1) is 0 Å². The minimum Gasteiger partial charge on any atom is -0.345 e. The lowest BCUT2D eigenvalue weighted by Crippen LogP contribution is -2.22. The van der Waals surface area contributed by atoms with Crippen molar-refractivity contribution in [3.05, 3.63) is 70.3 Å². The molecule has 3 aromatic rings. The number of aromatic nitrogens is 2. The summed E-state index contributed by atoms with van der Waals surface area (Å²) in [6.07, 6.45) is 1.32. The zero-order valence-corrected chi connectivity index (χ0v) is 15.9. The molecule has 1 aromatic heterocycles. The Hall–Kier alpha value is -3.48. The Morgan fingerprint density at radius 3 is 2.68 bits per heavy atom. The van der Waals surface area contributed by atoms with Gasteiger partial charge in [-0.2, -0.15) is 0 Å². The Labute approximate surface area is 162 Å². The molecule has 0 unspecified atom stereocenters. The lowest BCUT2D eigenvalue weighted by atomic mass is 10.1. The Kier molecular flexibility index (Phi) is 5.84. The maximum absolute atomic E-state index is 12.2. The summed E-state index contributed by atoms with van der Waals surface area (Å²) in [5, 5.41) is 3.35. The van der Waals surface area contributed by atoms with Crippen molar-refractivity contribution in [2.75, 3.05) is 19.4 Å². The topological polar surface area (TPSA) is 95.2 Å². The van der Waals surface area contributed by atoms with Gasteiger partial charge in [0.05, 0.1) is 10.9 Å². The molecule has 0 atom stereocenters. The van der Waals surface area contributed by atoms with Gasteiger partial charge >= 0.3 is 0 Å². The average Bonchev–Trinajstić information content (AvgIpc) is 2.67. The molecule has 0 aliphatic carbocycles. The second-order valence-corrected chi connectivity index (χ2v) is 6.71. The number of carbonyl (C=O) groups excluding carboxylic acids is 2. The van der Waals surface area contributed by atoms with Gasteiger partial charge in [-0.05, 0) is 36.8 Å². The molecule has 2 N–H and O–H groups in total. The Morgan fingerprint density at radius 2 is 1.89 bits per heavy atom. The van der Waals surface area contributed by atoms with E-state index in [9.17, 15) is 14.4 Å². The zero-order chi connectivity index (χ0) is 20.1. The fourth-order valence-electron chi connectivity index (χ4n) is 2.88. The number of hydrogen-bond donors (Lipinski definition) is 2. The molecule has 0 bridgehead atoms. The van der Waals surface area contributed by atoms with Gasteiger partial charge in [0.2, 0.25) is 5.91 Å². The Balaban J connectivity index is 1.57. The number of para-hydroxylation sites is 1. The number of anilines is 1. The first kappa shape index (κ1) is 19.3. The van der Waals surface area contributed by atoms with Gasteiger partial charge in [-0.25, -0.2) is 4.98 Å². The molecule has 144 valence electrons. The van der Waals surface area contributed by atoms with Crippen molar-refractivity contribution in [3.8, 4) is 0 Å². The van der Waals surface area contributed by atoms with Crippen molar-refractivity contribution in [3.63, 3.8) is 0 Å². The van der Waals surface area contributed by atoms with E-state index < -0.39 is 0 Å². The van der Waals surface area contributed by atoms with Crippen LogP contribution < -0.4 is 10.9 Å². The number of hydrogen-bond acceptors (Lipinski definition) is 4. The molecule has 2 aromatic carbocycles. The van der Waals surface area contributed by atoms with Crippen LogP contribution in [0.4, 0.5) is 5.69 Å². The molecular weight excluding hydrogens is 356 g/mol. The summed E-state index contributed by atoms with van der Waals surface area (Å²) in [4.78, 5) is 45.0. The fraction of sp³-hybridized carbons (Fsp3) is 0.238. The molecule has 0 radical (unpaired) electrons. The molecule has 1 heterocycles. The van der Waals surface area contributed by atoms with E-state index in [2.05, 4.69) is 15.3 Å². The van der Waals surface area contributed by atoms with Crippen molar-refractivity contribution in [1.82, 2.24) is 14.9 Å². The van der Waals surface area contributed by atoms with Gasteiger partial charge in [-0.15, -0.1) is 0 Å². The maximum atomic E-state index is 12.2. The molecule has 7 heteroatoms. The van der Waals surface area contributed by atoms with Gasteiger partial charge in [0.15, 0.2) is 0 Å². The van der Waals surface area contributed by atoms with Crippen LogP contribution >= 0.6 is 0 Å². The highest BCUT2D eigenvalue weighted by Gasteiger charge is 2.10. The fourth-order valence-corrected chi connectivity index (χ4v) is 2.88. The monoisotopic (exact) mass is 378 g/mol. The van der Waals surface area contributed by atoms with Gasteiger partial charge in [-0.3, -0.25) is 14.4 Å². The lowest BCUT2D eigenvalue weighted by Gasteiger charge is -2.11. The number of benzene rings is 2. The van der Waals surface area contributed by atoms with Gasteiger partial charge in [0.1, 0.15) is 5.82 Å². The van der Waals surface area contributed by atoms with E-state index in [4.69, 9.17) is 0 Å². The summed E-state index contributed by atoms with van der Waals surface area (Å²) >= 11 is 0. The normalized spacial score (nSPS) is 10.6. The number of fused-ring (bicyclic) bond motifs is 1. The number of H-pyrrole nitrogens is 1. The van der Waals surface area contributed by atoms with E-state index in [-0.39, 0.29) is 23.8 Å². The van der Waals surface area contributed by atoms with Crippen LogP contribution in [0.25, 0.3) is 10.9 Å². The van der Waals surface area contributed by atoms with Gasteiger partial charge < -0.3 is 15.2 Å². The summed E-state index contributed by atoms with van der Waals surface area (Å²) < 4.78 is 0. The van der Waals surface area contributed by atoms with Crippen molar-refractivity contribution in [2.24, 2.45) is 0 Å². The van der Waals surface area contributed by atoms with E-state index in [1.807, 2.05) is 6.07 Å². The molecule has 0 spiro atoms. The largest absolute Gasteiger partial charge is 0.345 e. The summed E-state index contributed by atoms with van der Waals surface area (Å²) in [6.45, 7) is 0. The Bertz CT molecular complexity index is 1070. The molecule has 0 aliphatic rings. The van der Waals surface area contributed by atoms with Crippen LogP contribution in [0.15, 0.2) is 53.3 Å². The third-order valence-corrected chi connectivity index (χ3v) is 4.28. The molecule has 7 nitrogen and oxygen atoms in total. The molecule has 0 saturated heterocycles. The predicted molar refractivity (Wildman–Crippen MR) is 108 cm³/mol. The molecule has 0 saturated carbocycles. The first-order valence-corrected chi connectivity index (χ1v) is 9.03. The first-order valence-electron chi connectivity index (χ1n) is 9.03. The third-order valence-electron chi connectivity index (χ3n) is 4.28. The summed E-state index contributed by atoms with van der Waals surface area (Å²) in [6, 6.07) is 14.0. The maximum Gasteiger partial charge on any atom is 0.258 e. The van der Waals surface area contributed by atoms with Gasteiger partial charge in [0, 0.05) is 38.2 Å². The quantitative estimate of drug-likeness (QED) is 0.689. The SMILES string of the molecule is CN(C)C(=O)c1cccc(NC(=O)CCCc2nc3ccccc3c(=O)[nH]2)c1. The van der Waals surface area contributed by atoms with Crippen molar-refractivity contribution in [1.29, 1.82) is 0 Å². The number of amides is 2. The predicted octanol–water partition coefficient (Wildman–Crippen LogP) is 2.59. The second kappa shape index (κ2) is 8.47. The van der Waals surface area contributed by atoms with Crippen LogP contribution in [0.2, 0.25) is 0 Å². The van der Waals surface area contributed by atoms with E-state index in [1.165, 1.54) is 4.90 Å². The molecule has 3 rings (SSSR count). The van der Waals surface area contributed by atoms with E-state index in [1.54, 1.807) is 56.6 Å². The Morgan fingerprint density at radius 1 is 1.11 bits per heavy atom. The minimum absolute atomic E-state index is 0.123. The summed E-state index contributed by atoms with van der Waals surface area (Å²) in [5.41, 5.74) is 1.57. The van der Waals surface area contributed by atoms with Crippen molar-refractivity contribution < 1.29 is 9.59 Å². The van der Waals surface area contributed by atoms with Crippen LogP contribution in [-0.4, -0.2) is 40.8 Å². The minimum atomic E-state index is -0.174. The van der Waals surface area contributed by atoms with E-state index >= 15 is 0 Å². The number of nitrogens with one attached hydrogen (secondary N) is 2. The summed E-state index contributed by atoms with van der Waals surface area (Å²) in [7, 11) is 3.36.